The highest BCUT2D eigenvalue weighted by atomic mass is 16.5. The third-order valence-electron chi connectivity index (χ3n) is 2.43. The summed E-state index contributed by atoms with van der Waals surface area (Å²) in [6, 6.07) is 5.74. The zero-order valence-electron chi connectivity index (χ0n) is 7.79. The number of carbonyl (C=O) groups excluding carboxylic acids is 1. The number of hydrogen-bond acceptors (Lipinski definition) is 3. The van der Waals surface area contributed by atoms with Crippen LogP contribution in [-0.4, -0.2) is 12.6 Å². The molecule has 0 unspecified atom stereocenters. The number of benzene rings is 1. The van der Waals surface area contributed by atoms with Gasteiger partial charge in [-0.25, -0.2) is 0 Å². The number of hydrogen-bond donors (Lipinski definition) is 0. The Hall–Kier alpha value is -1.51. The molecule has 0 fully saturated rings. The van der Waals surface area contributed by atoms with Crippen molar-refractivity contribution >= 4 is 5.97 Å². The summed E-state index contributed by atoms with van der Waals surface area (Å²) < 4.78 is 5.03. The molecule has 74 valence electrons. The average Bonchev–Trinajstić information content (AvgIpc) is 2.61. The van der Waals surface area contributed by atoms with Crippen LogP contribution in [0.15, 0.2) is 18.2 Å². The van der Waals surface area contributed by atoms with E-state index < -0.39 is 5.97 Å². The summed E-state index contributed by atoms with van der Waals surface area (Å²) in [5.41, 5.74) is 2.63. The third kappa shape index (κ3) is 1.87. The number of ether oxygens (including phenoxy) is 1. The Bertz CT molecular complexity index is 358. The van der Waals surface area contributed by atoms with E-state index in [1.807, 2.05) is 18.2 Å². The van der Waals surface area contributed by atoms with Crippen molar-refractivity contribution in [2.24, 2.45) is 0 Å². The summed E-state index contributed by atoms with van der Waals surface area (Å²) in [4.78, 5) is 10.2. The normalized spacial score (nSPS) is 13.7. The van der Waals surface area contributed by atoms with Gasteiger partial charge in [0.05, 0.1) is 5.97 Å². The fourth-order valence-electron chi connectivity index (χ4n) is 1.78. The van der Waals surface area contributed by atoms with Gasteiger partial charge in [-0.3, -0.25) is 0 Å². The van der Waals surface area contributed by atoms with Gasteiger partial charge in [0.25, 0.3) is 0 Å². The number of aliphatic carboxylic acids is 1. The molecule has 0 amide bonds. The number of fused-ring (bicyclic) bond motifs is 1. The van der Waals surface area contributed by atoms with Crippen LogP contribution >= 0.6 is 0 Å². The predicted molar refractivity (Wildman–Crippen MR) is 49.0 cm³/mol. The van der Waals surface area contributed by atoms with E-state index in [0.717, 1.165) is 12.8 Å². The zero-order chi connectivity index (χ0) is 9.97. The first-order valence-corrected chi connectivity index (χ1v) is 4.70. The molecule has 1 aliphatic rings. The molecule has 2 rings (SSSR count). The Labute approximate surface area is 82.3 Å². The van der Waals surface area contributed by atoms with E-state index in [1.54, 1.807) is 0 Å². The molecule has 0 saturated heterocycles. The topological polar surface area (TPSA) is 49.4 Å². The maximum Gasteiger partial charge on any atom is 0.128 e. The maximum atomic E-state index is 10.2. The first-order chi connectivity index (χ1) is 6.75. The maximum absolute atomic E-state index is 10.2. The van der Waals surface area contributed by atoms with Gasteiger partial charge in [0.2, 0.25) is 0 Å². The summed E-state index contributed by atoms with van der Waals surface area (Å²) in [7, 11) is 0. The number of carboxylic acid groups (broad SMARTS) is 1. The molecule has 0 atom stereocenters. The van der Waals surface area contributed by atoms with E-state index in [0.29, 0.717) is 5.75 Å². The van der Waals surface area contributed by atoms with Crippen molar-refractivity contribution in [3.05, 3.63) is 29.3 Å². The second kappa shape index (κ2) is 3.70. The molecule has 0 radical (unpaired) electrons. The van der Waals surface area contributed by atoms with E-state index in [1.165, 1.54) is 17.5 Å². The lowest BCUT2D eigenvalue weighted by Gasteiger charge is -2.08. The van der Waals surface area contributed by atoms with Crippen LogP contribution in [0.4, 0.5) is 0 Å². The van der Waals surface area contributed by atoms with E-state index in [4.69, 9.17) is 4.74 Å². The van der Waals surface area contributed by atoms with Crippen LogP contribution in [0.1, 0.15) is 17.5 Å². The van der Waals surface area contributed by atoms with Crippen LogP contribution in [0, 0.1) is 0 Å². The first kappa shape index (κ1) is 9.06. The van der Waals surface area contributed by atoms with Gasteiger partial charge in [-0.2, -0.15) is 0 Å². The third-order valence-corrected chi connectivity index (χ3v) is 2.43. The van der Waals surface area contributed by atoms with Crippen molar-refractivity contribution < 1.29 is 14.6 Å². The second-order valence-electron chi connectivity index (χ2n) is 3.44. The van der Waals surface area contributed by atoms with Crippen LogP contribution in [0.3, 0.4) is 0 Å². The van der Waals surface area contributed by atoms with Crippen molar-refractivity contribution in [2.45, 2.75) is 19.3 Å². The number of carbonyl (C=O) groups is 1. The Morgan fingerprint density at radius 1 is 1.36 bits per heavy atom. The van der Waals surface area contributed by atoms with Crippen molar-refractivity contribution in [3.8, 4) is 5.75 Å². The van der Waals surface area contributed by atoms with E-state index in [2.05, 4.69) is 0 Å². The minimum Gasteiger partial charge on any atom is -0.546 e. The summed E-state index contributed by atoms with van der Waals surface area (Å²) >= 11 is 0. The predicted octanol–water partition coefficient (Wildman–Crippen LogP) is 0.304. The van der Waals surface area contributed by atoms with Crippen LogP contribution in [0.2, 0.25) is 0 Å². The minimum absolute atomic E-state index is 0.376. The van der Waals surface area contributed by atoms with Crippen LogP contribution in [0.25, 0.3) is 0 Å². The highest BCUT2D eigenvalue weighted by molar-refractivity contribution is 5.66. The number of carboxylic acids is 1. The number of aryl methyl sites for hydroxylation is 2. The summed E-state index contributed by atoms with van der Waals surface area (Å²) in [6.45, 7) is -0.376. The van der Waals surface area contributed by atoms with Gasteiger partial charge < -0.3 is 14.6 Å². The van der Waals surface area contributed by atoms with Gasteiger partial charge in [0.1, 0.15) is 12.4 Å². The lowest BCUT2D eigenvalue weighted by Crippen LogP contribution is -2.28. The smallest absolute Gasteiger partial charge is 0.128 e. The molecular formula is C11H11O3-. The monoisotopic (exact) mass is 191 g/mol. The second-order valence-corrected chi connectivity index (χ2v) is 3.44. The van der Waals surface area contributed by atoms with Gasteiger partial charge in [-0.05, 0) is 42.5 Å². The molecule has 3 heteroatoms. The van der Waals surface area contributed by atoms with E-state index in [9.17, 15) is 9.90 Å². The molecule has 0 saturated carbocycles. The van der Waals surface area contributed by atoms with Gasteiger partial charge in [-0.15, -0.1) is 0 Å². The largest absolute Gasteiger partial charge is 0.546 e. The molecule has 1 aromatic carbocycles. The molecule has 3 nitrogen and oxygen atoms in total. The summed E-state index contributed by atoms with van der Waals surface area (Å²) in [5.74, 6) is -0.569. The van der Waals surface area contributed by atoms with Gasteiger partial charge in [0, 0.05) is 0 Å². The fourth-order valence-corrected chi connectivity index (χ4v) is 1.78. The SMILES string of the molecule is O=C([O-])COc1ccc2c(c1)CCC2. The quantitative estimate of drug-likeness (QED) is 0.690. The van der Waals surface area contributed by atoms with Crippen molar-refractivity contribution in [2.75, 3.05) is 6.61 Å². The molecule has 0 heterocycles. The Morgan fingerprint density at radius 2 is 2.14 bits per heavy atom. The molecule has 1 aliphatic carbocycles. The molecule has 0 bridgehead atoms. The molecule has 14 heavy (non-hydrogen) atoms. The summed E-state index contributed by atoms with van der Waals surface area (Å²) in [6.07, 6.45) is 3.37. The van der Waals surface area contributed by atoms with Crippen molar-refractivity contribution in [3.63, 3.8) is 0 Å². The minimum atomic E-state index is -1.19. The van der Waals surface area contributed by atoms with Gasteiger partial charge >= 0.3 is 0 Å². The summed E-state index contributed by atoms with van der Waals surface area (Å²) in [5, 5.41) is 10.2. The molecule has 0 aliphatic heterocycles. The van der Waals surface area contributed by atoms with E-state index in [-0.39, 0.29) is 6.61 Å². The molecule has 0 N–H and O–H groups in total. The molecule has 1 aromatic rings. The standard InChI is InChI=1S/C11H12O3/c12-11(13)7-14-10-5-4-8-2-1-3-9(8)6-10/h4-6H,1-3,7H2,(H,12,13)/p-1. The number of rotatable bonds is 3. The lowest BCUT2D eigenvalue weighted by atomic mass is 10.1. The van der Waals surface area contributed by atoms with Crippen molar-refractivity contribution in [1.29, 1.82) is 0 Å². The Balaban J connectivity index is 2.09. The van der Waals surface area contributed by atoms with Crippen molar-refractivity contribution in [1.82, 2.24) is 0 Å². The van der Waals surface area contributed by atoms with E-state index >= 15 is 0 Å². The molecular weight excluding hydrogens is 180 g/mol. The highest BCUT2D eigenvalue weighted by Crippen LogP contribution is 2.25. The Kier molecular flexibility index (Phi) is 2.39. The fraction of sp³-hybridized carbons (Fsp3) is 0.364. The van der Waals surface area contributed by atoms with Crippen LogP contribution < -0.4 is 9.84 Å². The van der Waals surface area contributed by atoms with Crippen LogP contribution in [-0.2, 0) is 17.6 Å². The van der Waals surface area contributed by atoms with Gasteiger partial charge in [0.15, 0.2) is 0 Å². The zero-order valence-corrected chi connectivity index (χ0v) is 7.79. The average molecular weight is 191 g/mol. The van der Waals surface area contributed by atoms with Gasteiger partial charge in [-0.1, -0.05) is 6.07 Å². The molecule has 0 spiro atoms. The Morgan fingerprint density at radius 3 is 2.93 bits per heavy atom. The highest BCUT2D eigenvalue weighted by Gasteiger charge is 2.10. The lowest BCUT2D eigenvalue weighted by molar-refractivity contribution is -0.307. The molecule has 0 aromatic heterocycles. The first-order valence-electron chi connectivity index (χ1n) is 4.70. The van der Waals surface area contributed by atoms with Crippen LogP contribution in [0.5, 0.6) is 5.75 Å².